The van der Waals surface area contributed by atoms with E-state index in [0.717, 1.165) is 37.1 Å². The summed E-state index contributed by atoms with van der Waals surface area (Å²) in [7, 11) is 0. The highest BCUT2D eigenvalue weighted by Crippen LogP contribution is 2.43. The van der Waals surface area contributed by atoms with Gasteiger partial charge >= 0.3 is 0 Å². The summed E-state index contributed by atoms with van der Waals surface area (Å²) >= 11 is 1.50. The molecule has 5 rings (SSSR count). The number of aliphatic hydroxyl groups excluding tert-OH is 3. The molecule has 0 bridgehead atoms. The van der Waals surface area contributed by atoms with Crippen molar-refractivity contribution in [3.8, 4) is 0 Å². The second kappa shape index (κ2) is 8.84. The zero-order valence-electron chi connectivity index (χ0n) is 18.0. The Morgan fingerprint density at radius 2 is 1.97 bits per heavy atom. The number of hydrazine groups is 3. The van der Waals surface area contributed by atoms with Crippen LogP contribution in [0.2, 0.25) is 0 Å². The van der Waals surface area contributed by atoms with Gasteiger partial charge in [0.15, 0.2) is 22.6 Å². The fourth-order valence-corrected chi connectivity index (χ4v) is 4.89. The van der Waals surface area contributed by atoms with Crippen molar-refractivity contribution < 1.29 is 24.1 Å². The normalized spacial score (nSPS) is 27.0. The first-order valence-corrected chi connectivity index (χ1v) is 12.0. The highest BCUT2D eigenvalue weighted by Gasteiger charge is 2.51. The smallest absolute Gasteiger partial charge is 0.189 e. The van der Waals surface area contributed by atoms with Gasteiger partial charge in [-0.1, -0.05) is 18.7 Å². The van der Waals surface area contributed by atoms with Crippen molar-refractivity contribution >= 4 is 29.0 Å². The fraction of sp³-hybridized carbons (Fsp3) is 0.524. The lowest BCUT2D eigenvalue weighted by molar-refractivity contribution is -0.0230. The number of nitrogens with one attached hydrogen (secondary N) is 1. The molecule has 12 heteroatoms. The Kier molecular flexibility index (Phi) is 6.04. The standard InChI is InChI=1S/C21H26F2N6O3S/c1-2-7-33-21-24-10-15-20(25-21)28(16-9-17(30)19(32)18(16)31)29(26-15)27(11-3-4-11)12-5-6-13(22)14(23)8-12/h5-6,8,10-11,16-19,26,30-32H,2-4,7,9H2,1H3/t16-,17-,18+,19+/m1/s1. The Morgan fingerprint density at radius 3 is 2.61 bits per heavy atom. The maximum Gasteiger partial charge on any atom is 0.189 e. The van der Waals surface area contributed by atoms with Gasteiger partial charge in [0.05, 0.1) is 24.0 Å². The number of anilines is 3. The molecular formula is C21H26F2N6O3S. The van der Waals surface area contributed by atoms with E-state index >= 15 is 0 Å². The molecule has 0 spiro atoms. The van der Waals surface area contributed by atoms with Crippen LogP contribution in [0.5, 0.6) is 0 Å². The summed E-state index contributed by atoms with van der Waals surface area (Å²) in [6, 6.07) is 2.98. The lowest BCUT2D eigenvalue weighted by Crippen LogP contribution is -2.60. The topological polar surface area (TPSA) is 108 Å². The average molecular weight is 481 g/mol. The lowest BCUT2D eigenvalue weighted by atomic mass is 10.2. The quantitative estimate of drug-likeness (QED) is 0.347. The van der Waals surface area contributed by atoms with Crippen molar-refractivity contribution in [2.24, 2.45) is 0 Å². The van der Waals surface area contributed by atoms with Crippen LogP contribution >= 0.6 is 11.8 Å². The van der Waals surface area contributed by atoms with Crippen LogP contribution < -0.4 is 15.4 Å². The van der Waals surface area contributed by atoms with Gasteiger partial charge in [-0.15, -0.1) is 0 Å². The van der Waals surface area contributed by atoms with Gasteiger partial charge in [0.1, 0.15) is 17.9 Å². The SMILES string of the molecule is CCCSc1ncc2c(n1)N([C@@H]1C[C@@H](O)[C@H](O)[C@H]1O)N(N(c1ccc(F)c(F)c1)C1CC1)N2. The van der Waals surface area contributed by atoms with Crippen LogP contribution in [-0.4, -0.2) is 66.7 Å². The van der Waals surface area contributed by atoms with E-state index in [1.807, 2.05) is 0 Å². The number of thioether (sulfide) groups is 1. The summed E-state index contributed by atoms with van der Waals surface area (Å²) < 4.78 is 27.8. The highest BCUT2D eigenvalue weighted by molar-refractivity contribution is 7.99. The van der Waals surface area contributed by atoms with Gasteiger partial charge in [0.2, 0.25) is 0 Å². The van der Waals surface area contributed by atoms with Crippen molar-refractivity contribution in [1.82, 2.24) is 15.2 Å². The lowest BCUT2D eigenvalue weighted by Gasteiger charge is -2.42. The van der Waals surface area contributed by atoms with Gasteiger partial charge in [0, 0.05) is 24.3 Å². The summed E-state index contributed by atoms with van der Waals surface area (Å²) in [5.74, 6) is -0.596. The molecule has 2 aromatic rings. The van der Waals surface area contributed by atoms with Crippen LogP contribution in [0.25, 0.3) is 0 Å². The number of aliphatic hydroxyl groups is 3. The fourth-order valence-electron chi connectivity index (χ4n) is 4.23. The zero-order valence-corrected chi connectivity index (χ0v) is 18.8. The minimum absolute atomic E-state index is 0.00876. The Bertz CT molecular complexity index is 1030. The average Bonchev–Trinajstić information content (AvgIpc) is 3.52. The third kappa shape index (κ3) is 4.10. The zero-order chi connectivity index (χ0) is 23.3. The maximum absolute atomic E-state index is 14.1. The molecule has 3 aliphatic rings. The number of halogens is 2. The second-order valence-electron chi connectivity index (χ2n) is 8.51. The molecule has 1 aliphatic heterocycles. The predicted octanol–water partition coefficient (Wildman–Crippen LogP) is 2.06. The first-order chi connectivity index (χ1) is 15.9. The third-order valence-corrected chi connectivity index (χ3v) is 7.09. The molecule has 2 aliphatic carbocycles. The Hall–Kier alpha value is -2.25. The van der Waals surface area contributed by atoms with Gasteiger partial charge in [0.25, 0.3) is 0 Å². The van der Waals surface area contributed by atoms with Crippen LogP contribution in [-0.2, 0) is 0 Å². The van der Waals surface area contributed by atoms with Crippen molar-refractivity contribution in [2.45, 2.75) is 68.2 Å². The minimum Gasteiger partial charge on any atom is -0.390 e. The molecule has 4 N–H and O–H groups in total. The third-order valence-electron chi connectivity index (χ3n) is 6.02. The molecule has 1 aromatic carbocycles. The predicted molar refractivity (Wildman–Crippen MR) is 119 cm³/mol. The monoisotopic (exact) mass is 480 g/mol. The van der Waals surface area contributed by atoms with Crippen molar-refractivity contribution in [2.75, 3.05) is 21.2 Å². The number of aromatic nitrogens is 2. The van der Waals surface area contributed by atoms with Gasteiger partial charge in [-0.25, -0.2) is 23.8 Å². The molecule has 178 valence electrons. The summed E-state index contributed by atoms with van der Waals surface area (Å²) in [5, 5.41) is 36.8. The molecule has 2 heterocycles. The Balaban J connectivity index is 1.56. The van der Waals surface area contributed by atoms with Crippen LogP contribution in [0.4, 0.5) is 26.0 Å². The van der Waals surface area contributed by atoms with Crippen LogP contribution in [0.15, 0.2) is 29.6 Å². The molecule has 0 amide bonds. The second-order valence-corrected chi connectivity index (χ2v) is 9.57. The van der Waals surface area contributed by atoms with Gasteiger partial charge < -0.3 is 15.3 Å². The largest absolute Gasteiger partial charge is 0.390 e. The number of rotatable bonds is 7. The van der Waals surface area contributed by atoms with Gasteiger partial charge in [-0.3, -0.25) is 10.4 Å². The van der Waals surface area contributed by atoms with Crippen LogP contribution in [0.3, 0.4) is 0 Å². The Morgan fingerprint density at radius 1 is 1.18 bits per heavy atom. The minimum atomic E-state index is -1.31. The highest BCUT2D eigenvalue weighted by atomic mass is 32.2. The number of hydrogen-bond donors (Lipinski definition) is 4. The van der Waals surface area contributed by atoms with Crippen LogP contribution in [0.1, 0.15) is 32.6 Å². The van der Waals surface area contributed by atoms with E-state index in [1.165, 1.54) is 17.8 Å². The Labute approximate surface area is 194 Å². The van der Waals surface area contributed by atoms with Crippen LogP contribution in [0, 0.1) is 11.6 Å². The molecule has 0 unspecified atom stereocenters. The maximum atomic E-state index is 14.1. The van der Waals surface area contributed by atoms with E-state index in [0.29, 0.717) is 22.3 Å². The first kappa shape index (κ1) is 22.5. The molecule has 33 heavy (non-hydrogen) atoms. The summed E-state index contributed by atoms with van der Waals surface area (Å²) in [6.07, 6.45) is 0.688. The number of benzene rings is 1. The van der Waals surface area contributed by atoms with Gasteiger partial charge in [-0.2, -0.15) is 0 Å². The number of nitrogens with zero attached hydrogens (tertiary/aromatic N) is 5. The van der Waals surface area contributed by atoms with E-state index in [-0.39, 0.29) is 12.5 Å². The number of hydrogen-bond acceptors (Lipinski definition) is 10. The molecule has 1 aromatic heterocycles. The van der Waals surface area contributed by atoms with Crippen molar-refractivity contribution in [1.29, 1.82) is 0 Å². The van der Waals surface area contributed by atoms with E-state index < -0.39 is 36.0 Å². The van der Waals surface area contributed by atoms with Gasteiger partial charge in [-0.05, 0) is 36.6 Å². The molecule has 2 saturated carbocycles. The number of fused-ring (bicyclic) bond motifs is 1. The van der Waals surface area contributed by atoms with Crippen molar-refractivity contribution in [3.05, 3.63) is 36.0 Å². The first-order valence-electron chi connectivity index (χ1n) is 11.0. The molecule has 0 radical (unpaired) electrons. The van der Waals surface area contributed by atoms with E-state index in [2.05, 4.69) is 22.3 Å². The van der Waals surface area contributed by atoms with E-state index in [9.17, 15) is 24.1 Å². The van der Waals surface area contributed by atoms with E-state index in [4.69, 9.17) is 0 Å². The molecule has 9 nitrogen and oxygen atoms in total. The summed E-state index contributed by atoms with van der Waals surface area (Å²) in [6.45, 7) is 2.06. The summed E-state index contributed by atoms with van der Waals surface area (Å²) in [5.41, 5.74) is 4.19. The van der Waals surface area contributed by atoms with Crippen molar-refractivity contribution in [3.63, 3.8) is 0 Å². The molecule has 2 fully saturated rings. The summed E-state index contributed by atoms with van der Waals surface area (Å²) in [4.78, 5) is 9.07. The molecule has 4 atom stereocenters. The van der Waals surface area contributed by atoms with E-state index in [1.54, 1.807) is 21.4 Å². The molecular weight excluding hydrogens is 454 g/mol. The molecule has 0 saturated heterocycles.